The summed E-state index contributed by atoms with van der Waals surface area (Å²) in [5.74, 6) is -2.26. The van der Waals surface area contributed by atoms with Crippen LogP contribution in [0.4, 0.5) is 32.4 Å². The summed E-state index contributed by atoms with van der Waals surface area (Å²) in [5, 5.41) is 10.2. The first kappa shape index (κ1) is 27.9. The summed E-state index contributed by atoms with van der Waals surface area (Å²) in [6.45, 7) is 2.14. The molecule has 1 saturated heterocycles. The van der Waals surface area contributed by atoms with Gasteiger partial charge in [0.25, 0.3) is 11.8 Å². The molecule has 0 bridgehead atoms. The fourth-order valence-electron chi connectivity index (χ4n) is 4.52. The third kappa shape index (κ3) is 5.78. The van der Waals surface area contributed by atoms with E-state index in [1.807, 2.05) is 0 Å². The molecule has 0 saturated carbocycles. The molecule has 3 aromatic heterocycles. The lowest BCUT2D eigenvalue weighted by molar-refractivity contribution is -0.141. The topological polar surface area (TPSA) is 119 Å². The van der Waals surface area contributed by atoms with Crippen LogP contribution in [0.1, 0.15) is 35.8 Å². The third-order valence-corrected chi connectivity index (χ3v) is 6.54. The number of carbonyl (C=O) groups excluding carboxylic acids is 1. The molecule has 5 rings (SSSR count). The van der Waals surface area contributed by atoms with Crippen molar-refractivity contribution in [3.63, 3.8) is 0 Å². The van der Waals surface area contributed by atoms with Gasteiger partial charge < -0.3 is 19.4 Å². The zero-order chi connectivity index (χ0) is 29.3. The number of halogens is 5. The Kier molecular flexibility index (Phi) is 7.51. The number of piperidine rings is 1. The smallest absolute Gasteiger partial charge is 0.433 e. The number of benzene rings is 1. The Morgan fingerprint density at radius 3 is 2.32 bits per heavy atom. The van der Waals surface area contributed by atoms with E-state index >= 15 is 0 Å². The van der Waals surface area contributed by atoms with E-state index in [9.17, 15) is 26.7 Å². The summed E-state index contributed by atoms with van der Waals surface area (Å²) in [5.41, 5.74) is -0.491. The number of pyridine rings is 1. The molecule has 1 N–H and O–H groups in total. The predicted octanol–water partition coefficient (Wildman–Crippen LogP) is 5.61. The molecule has 0 aliphatic carbocycles. The highest BCUT2D eigenvalue weighted by atomic mass is 19.4. The van der Waals surface area contributed by atoms with E-state index in [-0.39, 0.29) is 42.5 Å². The molecule has 214 valence electrons. The summed E-state index contributed by atoms with van der Waals surface area (Å²) >= 11 is 0. The zero-order valence-electron chi connectivity index (χ0n) is 21.7. The van der Waals surface area contributed by atoms with Gasteiger partial charge >= 0.3 is 18.2 Å². The van der Waals surface area contributed by atoms with Gasteiger partial charge in [0.15, 0.2) is 0 Å². The Morgan fingerprint density at radius 1 is 1.00 bits per heavy atom. The standard InChI is InChI=1S/C26H22F5N7O3/c1-13-19(23-37-36-22(41-23)17-7-4-8-18(33-17)26(29,30)31)20(34-24(32-13)40-2)14-9-11-38(12-10-14)25(39)35-21-15(27)5-3-6-16(21)28/h3-8,14H,9-12H2,1-2H3,(H,35,39). The predicted molar refractivity (Wildman–Crippen MR) is 134 cm³/mol. The van der Waals surface area contributed by atoms with Gasteiger partial charge in [-0.2, -0.15) is 23.1 Å². The van der Waals surface area contributed by atoms with Gasteiger partial charge in [-0.15, -0.1) is 10.2 Å². The van der Waals surface area contributed by atoms with Crippen molar-refractivity contribution in [2.45, 2.75) is 31.9 Å². The number of rotatable bonds is 5. The van der Waals surface area contributed by atoms with Crippen LogP contribution < -0.4 is 10.1 Å². The molecule has 1 aliphatic rings. The minimum absolute atomic E-state index is 0.0236. The number of hydrogen-bond donors (Lipinski definition) is 1. The number of aromatic nitrogens is 5. The average molecular weight is 575 g/mol. The molecule has 0 spiro atoms. The molecular weight excluding hydrogens is 553 g/mol. The monoisotopic (exact) mass is 575 g/mol. The van der Waals surface area contributed by atoms with Gasteiger partial charge in [-0.3, -0.25) is 0 Å². The Labute approximate surface area is 229 Å². The van der Waals surface area contributed by atoms with Crippen LogP contribution in [-0.2, 0) is 6.18 Å². The second-order valence-corrected chi connectivity index (χ2v) is 9.16. The van der Waals surface area contributed by atoms with Gasteiger partial charge in [0.2, 0.25) is 0 Å². The second-order valence-electron chi connectivity index (χ2n) is 9.16. The number of hydrogen-bond acceptors (Lipinski definition) is 8. The van der Waals surface area contributed by atoms with Crippen LogP contribution in [0.5, 0.6) is 6.01 Å². The van der Waals surface area contributed by atoms with Gasteiger partial charge in [0.1, 0.15) is 28.7 Å². The van der Waals surface area contributed by atoms with E-state index in [0.29, 0.717) is 29.8 Å². The van der Waals surface area contributed by atoms with Crippen LogP contribution >= 0.6 is 0 Å². The average Bonchev–Trinajstić information content (AvgIpc) is 3.44. The quantitative estimate of drug-likeness (QED) is 0.305. The molecule has 41 heavy (non-hydrogen) atoms. The number of para-hydroxylation sites is 1. The lowest BCUT2D eigenvalue weighted by Crippen LogP contribution is -2.41. The van der Waals surface area contributed by atoms with Gasteiger partial charge in [-0.25, -0.2) is 18.6 Å². The molecule has 10 nitrogen and oxygen atoms in total. The first-order valence-corrected chi connectivity index (χ1v) is 12.4. The normalized spacial score (nSPS) is 14.3. The second kappa shape index (κ2) is 11.1. The fourth-order valence-corrected chi connectivity index (χ4v) is 4.52. The van der Waals surface area contributed by atoms with Crippen molar-refractivity contribution in [2.75, 3.05) is 25.5 Å². The summed E-state index contributed by atoms with van der Waals surface area (Å²) in [6.07, 6.45) is -3.83. The first-order chi connectivity index (χ1) is 19.5. The largest absolute Gasteiger partial charge is 0.467 e. The number of aryl methyl sites for hydroxylation is 1. The number of nitrogens with zero attached hydrogens (tertiary/aromatic N) is 6. The van der Waals surface area contributed by atoms with Crippen molar-refractivity contribution in [2.24, 2.45) is 0 Å². The Hall–Kier alpha value is -4.69. The van der Waals surface area contributed by atoms with Crippen molar-refractivity contribution < 1.29 is 35.9 Å². The van der Waals surface area contributed by atoms with Crippen molar-refractivity contribution in [3.05, 3.63) is 65.1 Å². The molecule has 2 amide bonds. The summed E-state index contributed by atoms with van der Waals surface area (Å²) in [6, 6.07) is 6.05. The van der Waals surface area contributed by atoms with E-state index in [0.717, 1.165) is 18.2 Å². The van der Waals surface area contributed by atoms with Crippen LogP contribution in [0, 0.1) is 18.6 Å². The van der Waals surface area contributed by atoms with Gasteiger partial charge in [-0.05, 0) is 44.0 Å². The first-order valence-electron chi connectivity index (χ1n) is 12.4. The zero-order valence-corrected chi connectivity index (χ0v) is 21.7. The lowest BCUT2D eigenvalue weighted by Gasteiger charge is -2.32. The Balaban J connectivity index is 1.39. The lowest BCUT2D eigenvalue weighted by atomic mass is 9.90. The maximum atomic E-state index is 14.0. The molecular formula is C26H22F5N7O3. The Morgan fingerprint density at radius 2 is 1.66 bits per heavy atom. The van der Waals surface area contributed by atoms with E-state index in [2.05, 4.69) is 30.5 Å². The van der Waals surface area contributed by atoms with Crippen molar-refractivity contribution in [3.8, 4) is 29.0 Å². The minimum atomic E-state index is -4.65. The summed E-state index contributed by atoms with van der Waals surface area (Å²) in [7, 11) is 1.40. The van der Waals surface area contributed by atoms with Gasteiger partial charge in [-0.1, -0.05) is 12.1 Å². The van der Waals surface area contributed by atoms with Crippen LogP contribution in [0.3, 0.4) is 0 Å². The number of urea groups is 1. The van der Waals surface area contributed by atoms with Crippen LogP contribution in [0.15, 0.2) is 40.8 Å². The third-order valence-electron chi connectivity index (χ3n) is 6.54. The summed E-state index contributed by atoms with van der Waals surface area (Å²) < 4.78 is 78.4. The number of anilines is 1. The highest BCUT2D eigenvalue weighted by Crippen LogP contribution is 2.37. The van der Waals surface area contributed by atoms with Crippen molar-refractivity contribution in [1.29, 1.82) is 0 Å². The van der Waals surface area contributed by atoms with Gasteiger partial charge in [0, 0.05) is 19.0 Å². The van der Waals surface area contributed by atoms with E-state index in [1.165, 1.54) is 30.2 Å². The molecule has 0 radical (unpaired) electrons. The number of methoxy groups -OCH3 is 1. The molecule has 15 heteroatoms. The number of nitrogens with one attached hydrogen (secondary N) is 1. The van der Waals surface area contributed by atoms with E-state index < -0.39 is 35.2 Å². The van der Waals surface area contributed by atoms with Crippen LogP contribution in [-0.4, -0.2) is 56.3 Å². The minimum Gasteiger partial charge on any atom is -0.467 e. The van der Waals surface area contributed by atoms with Crippen molar-refractivity contribution >= 4 is 11.7 Å². The Bertz CT molecular complexity index is 1570. The number of amides is 2. The molecule has 1 aliphatic heterocycles. The number of carbonyl (C=O) groups is 1. The highest BCUT2D eigenvalue weighted by Gasteiger charge is 2.34. The van der Waals surface area contributed by atoms with E-state index in [1.54, 1.807) is 6.92 Å². The molecule has 4 aromatic rings. The maximum absolute atomic E-state index is 14.0. The van der Waals surface area contributed by atoms with Crippen molar-refractivity contribution in [1.82, 2.24) is 30.0 Å². The number of ether oxygens (including phenoxy) is 1. The fraction of sp³-hybridized carbons (Fsp3) is 0.308. The SMILES string of the molecule is COc1nc(C)c(-c2nnc(-c3cccc(C(F)(F)F)n3)o2)c(C2CCN(C(=O)Nc3c(F)cccc3F)CC2)n1. The molecule has 0 atom stereocenters. The summed E-state index contributed by atoms with van der Waals surface area (Å²) in [4.78, 5) is 26.5. The maximum Gasteiger partial charge on any atom is 0.433 e. The van der Waals surface area contributed by atoms with E-state index in [4.69, 9.17) is 9.15 Å². The van der Waals surface area contributed by atoms with Crippen LogP contribution in [0.2, 0.25) is 0 Å². The number of likely N-dealkylation sites (tertiary alicyclic amines) is 1. The van der Waals surface area contributed by atoms with Crippen LogP contribution in [0.25, 0.3) is 23.0 Å². The number of alkyl halides is 3. The molecule has 4 heterocycles. The molecule has 0 unspecified atom stereocenters. The molecule has 1 fully saturated rings. The van der Waals surface area contributed by atoms with Gasteiger partial charge in [0.05, 0.1) is 24.1 Å². The highest BCUT2D eigenvalue weighted by molar-refractivity contribution is 5.89. The molecule has 1 aromatic carbocycles.